The van der Waals surface area contributed by atoms with Gasteiger partial charge in [-0.05, 0) is 19.3 Å². The van der Waals surface area contributed by atoms with E-state index in [4.69, 9.17) is 4.74 Å². The molecule has 1 atom stereocenters. The van der Waals surface area contributed by atoms with Crippen LogP contribution in [-0.4, -0.2) is 37.1 Å². The molecule has 0 bridgehead atoms. The molecule has 0 N–H and O–H groups in total. The van der Waals surface area contributed by atoms with Crippen molar-refractivity contribution in [2.45, 2.75) is 38.2 Å². The van der Waals surface area contributed by atoms with E-state index in [9.17, 15) is 4.79 Å². The molecule has 0 radical (unpaired) electrons. The maximum Gasteiger partial charge on any atom is 0.227 e. The molecule has 0 aromatic rings. The third kappa shape index (κ3) is 2.08. The normalized spacial score (nSPS) is 29.1. The highest BCUT2D eigenvalue weighted by atomic mass is 16.5. The van der Waals surface area contributed by atoms with Gasteiger partial charge in [0, 0.05) is 13.6 Å². The molecule has 0 aromatic heterocycles. The lowest BCUT2D eigenvalue weighted by molar-refractivity contribution is -0.132. The molecule has 1 heterocycles. The van der Waals surface area contributed by atoms with Gasteiger partial charge in [0.1, 0.15) is 0 Å². The second kappa shape index (κ2) is 4.30. The predicted molar refractivity (Wildman–Crippen MR) is 54.0 cm³/mol. The van der Waals surface area contributed by atoms with E-state index >= 15 is 0 Å². The van der Waals surface area contributed by atoms with Crippen molar-refractivity contribution in [1.29, 1.82) is 0 Å². The van der Waals surface area contributed by atoms with Gasteiger partial charge in [0.15, 0.2) is 0 Å². The van der Waals surface area contributed by atoms with E-state index in [1.54, 1.807) is 0 Å². The highest BCUT2D eigenvalue weighted by molar-refractivity contribution is 5.80. The molecule has 1 saturated heterocycles. The summed E-state index contributed by atoms with van der Waals surface area (Å²) < 4.78 is 5.76. The van der Waals surface area contributed by atoms with Crippen LogP contribution >= 0.6 is 0 Å². The molecule has 1 unspecified atom stereocenters. The van der Waals surface area contributed by atoms with Crippen LogP contribution in [0.4, 0.5) is 0 Å². The molecular formula is C11H19NO2. The van der Waals surface area contributed by atoms with Crippen LogP contribution in [0.25, 0.3) is 0 Å². The first-order valence-corrected chi connectivity index (χ1v) is 5.64. The number of carbonyl (C=O) groups is 1. The number of nitrogens with zero attached hydrogens (tertiary/aromatic N) is 1. The van der Waals surface area contributed by atoms with Crippen molar-refractivity contribution in [2.75, 3.05) is 20.2 Å². The molecule has 1 aliphatic carbocycles. The van der Waals surface area contributed by atoms with E-state index in [-0.39, 0.29) is 11.8 Å². The zero-order valence-electron chi connectivity index (χ0n) is 8.87. The number of carbonyl (C=O) groups excluding carboxylic acids is 1. The van der Waals surface area contributed by atoms with Gasteiger partial charge in [-0.25, -0.2) is 0 Å². The van der Waals surface area contributed by atoms with E-state index in [1.165, 1.54) is 25.7 Å². The van der Waals surface area contributed by atoms with Gasteiger partial charge in [-0.2, -0.15) is 0 Å². The Kier molecular flexibility index (Phi) is 3.06. The minimum atomic E-state index is 0.139. The Balaban J connectivity index is 1.72. The minimum absolute atomic E-state index is 0.139. The Morgan fingerprint density at radius 3 is 2.64 bits per heavy atom. The number of likely N-dealkylation sites (tertiary alicyclic amines) is 1. The van der Waals surface area contributed by atoms with Crippen molar-refractivity contribution in [3.05, 3.63) is 0 Å². The zero-order valence-corrected chi connectivity index (χ0v) is 8.87. The maximum absolute atomic E-state index is 11.6. The van der Waals surface area contributed by atoms with Gasteiger partial charge in [0.2, 0.25) is 5.91 Å². The van der Waals surface area contributed by atoms with Crippen molar-refractivity contribution in [2.24, 2.45) is 5.92 Å². The molecule has 2 rings (SSSR count). The van der Waals surface area contributed by atoms with Crippen LogP contribution in [0, 0.1) is 5.92 Å². The average Bonchev–Trinajstić information content (AvgIpc) is 2.77. The van der Waals surface area contributed by atoms with Crippen molar-refractivity contribution >= 4 is 5.91 Å². The summed E-state index contributed by atoms with van der Waals surface area (Å²) in [6.45, 7) is 1.55. The van der Waals surface area contributed by atoms with Crippen LogP contribution in [-0.2, 0) is 9.53 Å². The molecular weight excluding hydrogens is 178 g/mol. The van der Waals surface area contributed by atoms with Gasteiger partial charge in [-0.3, -0.25) is 4.79 Å². The fraction of sp³-hybridized carbons (Fsp3) is 0.909. The lowest BCUT2D eigenvalue weighted by atomic mass is 10.1. The molecule has 80 valence electrons. The molecule has 2 aliphatic rings. The third-order valence-electron chi connectivity index (χ3n) is 3.37. The maximum atomic E-state index is 11.6. The molecule has 14 heavy (non-hydrogen) atoms. The highest BCUT2D eigenvalue weighted by Gasteiger charge is 2.30. The Morgan fingerprint density at radius 1 is 1.36 bits per heavy atom. The second-order valence-electron chi connectivity index (χ2n) is 4.49. The van der Waals surface area contributed by atoms with Gasteiger partial charge in [0.05, 0.1) is 18.6 Å². The largest absolute Gasteiger partial charge is 0.377 e. The standard InChI is InChI=1S/C11H19NO2/c1-12-7-6-9(11(12)13)8-14-10-4-2-3-5-10/h9-10H,2-8H2,1H3. The predicted octanol–water partition coefficient (Wildman–Crippen LogP) is 1.42. The molecule has 1 saturated carbocycles. The quantitative estimate of drug-likeness (QED) is 0.685. The van der Waals surface area contributed by atoms with E-state index in [1.807, 2.05) is 11.9 Å². The number of hydrogen-bond acceptors (Lipinski definition) is 2. The van der Waals surface area contributed by atoms with Crippen molar-refractivity contribution in [3.8, 4) is 0 Å². The summed E-state index contributed by atoms with van der Waals surface area (Å²) in [7, 11) is 1.87. The smallest absolute Gasteiger partial charge is 0.227 e. The summed E-state index contributed by atoms with van der Waals surface area (Å²) in [4.78, 5) is 13.4. The van der Waals surface area contributed by atoms with Gasteiger partial charge >= 0.3 is 0 Å². The number of amides is 1. The minimum Gasteiger partial charge on any atom is -0.377 e. The van der Waals surface area contributed by atoms with Crippen LogP contribution in [0.2, 0.25) is 0 Å². The van der Waals surface area contributed by atoms with Gasteiger partial charge in [-0.15, -0.1) is 0 Å². The lowest BCUT2D eigenvalue weighted by Crippen LogP contribution is -2.26. The zero-order chi connectivity index (χ0) is 9.97. The lowest BCUT2D eigenvalue weighted by Gasteiger charge is -2.14. The molecule has 0 aromatic carbocycles. The van der Waals surface area contributed by atoms with E-state index < -0.39 is 0 Å². The first-order chi connectivity index (χ1) is 6.77. The summed E-state index contributed by atoms with van der Waals surface area (Å²) in [6.07, 6.45) is 6.38. The summed E-state index contributed by atoms with van der Waals surface area (Å²) in [5.41, 5.74) is 0. The average molecular weight is 197 g/mol. The van der Waals surface area contributed by atoms with Gasteiger partial charge < -0.3 is 9.64 Å². The third-order valence-corrected chi connectivity index (χ3v) is 3.37. The molecule has 3 heteroatoms. The Hall–Kier alpha value is -0.570. The van der Waals surface area contributed by atoms with Gasteiger partial charge in [0.25, 0.3) is 0 Å². The number of rotatable bonds is 3. The fourth-order valence-corrected chi connectivity index (χ4v) is 2.36. The van der Waals surface area contributed by atoms with Crippen LogP contribution < -0.4 is 0 Å². The van der Waals surface area contributed by atoms with Crippen molar-refractivity contribution in [1.82, 2.24) is 4.90 Å². The second-order valence-corrected chi connectivity index (χ2v) is 4.49. The van der Waals surface area contributed by atoms with E-state index in [0.29, 0.717) is 12.7 Å². The Bertz CT molecular complexity index is 211. The number of hydrogen-bond donors (Lipinski definition) is 0. The highest BCUT2D eigenvalue weighted by Crippen LogP contribution is 2.23. The van der Waals surface area contributed by atoms with Crippen LogP contribution in [0.3, 0.4) is 0 Å². The summed E-state index contributed by atoms with van der Waals surface area (Å²) >= 11 is 0. The van der Waals surface area contributed by atoms with Crippen molar-refractivity contribution < 1.29 is 9.53 Å². The topological polar surface area (TPSA) is 29.5 Å². The van der Waals surface area contributed by atoms with E-state index in [2.05, 4.69) is 0 Å². The van der Waals surface area contributed by atoms with Crippen LogP contribution in [0.1, 0.15) is 32.1 Å². The first kappa shape index (κ1) is 9.97. The fourth-order valence-electron chi connectivity index (χ4n) is 2.36. The monoisotopic (exact) mass is 197 g/mol. The Labute approximate surface area is 85.4 Å². The number of ether oxygens (including phenoxy) is 1. The van der Waals surface area contributed by atoms with Crippen molar-refractivity contribution in [3.63, 3.8) is 0 Å². The van der Waals surface area contributed by atoms with Crippen LogP contribution in [0.5, 0.6) is 0 Å². The van der Waals surface area contributed by atoms with E-state index in [0.717, 1.165) is 13.0 Å². The van der Waals surface area contributed by atoms with Crippen LogP contribution in [0.15, 0.2) is 0 Å². The molecule has 1 aliphatic heterocycles. The molecule has 3 nitrogen and oxygen atoms in total. The molecule has 2 fully saturated rings. The SMILES string of the molecule is CN1CCC(COC2CCCC2)C1=O. The summed E-state index contributed by atoms with van der Waals surface area (Å²) in [5.74, 6) is 0.406. The van der Waals surface area contributed by atoms with Gasteiger partial charge in [-0.1, -0.05) is 12.8 Å². The first-order valence-electron chi connectivity index (χ1n) is 5.64. The Morgan fingerprint density at radius 2 is 2.07 bits per heavy atom. The molecule has 1 amide bonds. The molecule has 0 spiro atoms. The summed E-state index contributed by atoms with van der Waals surface area (Å²) in [6, 6.07) is 0. The summed E-state index contributed by atoms with van der Waals surface area (Å²) in [5, 5.41) is 0.